The quantitative estimate of drug-likeness (QED) is 0.804. The van der Waals surface area contributed by atoms with Gasteiger partial charge in [0, 0.05) is 13.6 Å². The summed E-state index contributed by atoms with van der Waals surface area (Å²) >= 11 is 0. The van der Waals surface area contributed by atoms with Crippen molar-refractivity contribution < 1.29 is 9.21 Å². The number of amides is 1. The summed E-state index contributed by atoms with van der Waals surface area (Å²) in [6.45, 7) is 2.42. The fourth-order valence-electron chi connectivity index (χ4n) is 2.55. The van der Waals surface area contributed by atoms with Gasteiger partial charge in [-0.05, 0) is 30.2 Å². The smallest absolute Gasteiger partial charge is 0.408 e. The highest BCUT2D eigenvalue weighted by molar-refractivity contribution is 5.79. The molecule has 0 saturated heterocycles. The Hall–Kier alpha value is -2.82. The zero-order chi connectivity index (χ0) is 16.4. The molecule has 1 heterocycles. The van der Waals surface area contributed by atoms with E-state index in [2.05, 4.69) is 5.32 Å². The van der Waals surface area contributed by atoms with Crippen LogP contribution in [0, 0.1) is 6.92 Å². The lowest BCUT2D eigenvalue weighted by Gasteiger charge is -2.06. The van der Waals surface area contributed by atoms with E-state index in [4.69, 9.17) is 4.42 Å². The van der Waals surface area contributed by atoms with Crippen molar-refractivity contribution in [2.24, 2.45) is 7.05 Å². The maximum absolute atomic E-state index is 12.0. The fraction of sp³-hybridized carbons (Fsp3) is 0.222. The Labute approximate surface area is 133 Å². The Morgan fingerprint density at radius 3 is 2.78 bits per heavy atom. The Morgan fingerprint density at radius 1 is 1.17 bits per heavy atom. The molecule has 1 amide bonds. The van der Waals surface area contributed by atoms with Gasteiger partial charge in [0.05, 0.1) is 11.9 Å². The number of rotatable bonds is 4. The number of benzene rings is 2. The summed E-state index contributed by atoms with van der Waals surface area (Å²) in [6, 6.07) is 13.4. The number of hydrogen-bond donors (Lipinski definition) is 1. The van der Waals surface area contributed by atoms with Crippen LogP contribution in [0.4, 0.5) is 0 Å². The normalized spacial score (nSPS) is 10.9. The van der Waals surface area contributed by atoms with Gasteiger partial charge in [0.1, 0.15) is 0 Å². The molecule has 5 heteroatoms. The molecule has 0 spiro atoms. The Morgan fingerprint density at radius 2 is 2.00 bits per heavy atom. The molecule has 118 valence electrons. The molecule has 0 aliphatic rings. The third kappa shape index (κ3) is 3.34. The first-order valence-electron chi connectivity index (χ1n) is 7.43. The minimum Gasteiger partial charge on any atom is -0.408 e. The predicted molar refractivity (Wildman–Crippen MR) is 88.2 cm³/mol. The van der Waals surface area contributed by atoms with Gasteiger partial charge in [-0.1, -0.05) is 35.9 Å². The van der Waals surface area contributed by atoms with E-state index in [-0.39, 0.29) is 11.7 Å². The second kappa shape index (κ2) is 6.12. The molecule has 3 rings (SSSR count). The molecular weight excluding hydrogens is 292 g/mol. The predicted octanol–water partition coefficient (Wildman–Crippen LogP) is 2.30. The van der Waals surface area contributed by atoms with Gasteiger partial charge < -0.3 is 9.73 Å². The lowest BCUT2D eigenvalue weighted by Crippen LogP contribution is -2.24. The fourth-order valence-corrected chi connectivity index (χ4v) is 2.55. The minimum absolute atomic E-state index is 0.0308. The first kappa shape index (κ1) is 15.1. The summed E-state index contributed by atoms with van der Waals surface area (Å²) in [5, 5.41) is 2.90. The SMILES string of the molecule is Cc1cccc(CC(=O)NCc2ccc3oc(=O)n(C)c3c2)c1. The van der Waals surface area contributed by atoms with E-state index in [0.717, 1.165) is 22.2 Å². The van der Waals surface area contributed by atoms with Crippen LogP contribution in [0.5, 0.6) is 0 Å². The van der Waals surface area contributed by atoms with Crippen LogP contribution in [0.1, 0.15) is 16.7 Å². The van der Waals surface area contributed by atoms with Crippen LogP contribution in [0.25, 0.3) is 11.1 Å². The standard InChI is InChI=1S/C18H18N2O3/c1-12-4-3-5-13(8-12)10-17(21)19-11-14-6-7-16-15(9-14)20(2)18(22)23-16/h3-9H,10-11H2,1-2H3,(H,19,21). The Kier molecular flexibility index (Phi) is 4.02. The Bertz CT molecular complexity index is 921. The highest BCUT2D eigenvalue weighted by atomic mass is 16.4. The van der Waals surface area contributed by atoms with Crippen LogP contribution < -0.4 is 11.1 Å². The zero-order valence-electron chi connectivity index (χ0n) is 13.1. The lowest BCUT2D eigenvalue weighted by atomic mass is 10.1. The third-order valence-electron chi connectivity index (χ3n) is 3.79. The molecule has 0 saturated carbocycles. The second-order valence-electron chi connectivity index (χ2n) is 5.67. The van der Waals surface area contributed by atoms with Crippen molar-refractivity contribution >= 4 is 17.0 Å². The van der Waals surface area contributed by atoms with E-state index >= 15 is 0 Å². The maximum Gasteiger partial charge on any atom is 0.419 e. The summed E-state index contributed by atoms with van der Waals surface area (Å²) in [5.41, 5.74) is 4.33. The molecule has 0 unspecified atom stereocenters. The van der Waals surface area contributed by atoms with Crippen LogP contribution in [-0.2, 0) is 24.8 Å². The monoisotopic (exact) mass is 310 g/mol. The number of nitrogens with zero attached hydrogens (tertiary/aromatic N) is 1. The summed E-state index contributed by atoms with van der Waals surface area (Å²) < 4.78 is 6.54. The van der Waals surface area contributed by atoms with Crippen molar-refractivity contribution in [3.8, 4) is 0 Å². The number of carbonyl (C=O) groups excluding carboxylic acids is 1. The van der Waals surface area contributed by atoms with Gasteiger partial charge in [-0.25, -0.2) is 4.79 Å². The van der Waals surface area contributed by atoms with Crippen molar-refractivity contribution in [2.45, 2.75) is 19.9 Å². The summed E-state index contributed by atoms with van der Waals surface area (Å²) in [6.07, 6.45) is 0.355. The van der Waals surface area contributed by atoms with E-state index in [1.165, 1.54) is 4.57 Å². The molecule has 0 bridgehead atoms. The number of oxazole rings is 1. The van der Waals surface area contributed by atoms with Crippen molar-refractivity contribution in [3.05, 3.63) is 69.7 Å². The highest BCUT2D eigenvalue weighted by Crippen LogP contribution is 2.14. The van der Waals surface area contributed by atoms with Gasteiger partial charge in [0.2, 0.25) is 5.91 Å². The number of aryl methyl sites for hydroxylation is 2. The van der Waals surface area contributed by atoms with Gasteiger partial charge in [0.15, 0.2) is 5.58 Å². The molecule has 0 fully saturated rings. The van der Waals surface area contributed by atoms with Crippen molar-refractivity contribution in [1.82, 2.24) is 9.88 Å². The van der Waals surface area contributed by atoms with Gasteiger partial charge >= 0.3 is 5.76 Å². The number of aromatic nitrogens is 1. The van der Waals surface area contributed by atoms with Crippen molar-refractivity contribution in [1.29, 1.82) is 0 Å². The number of carbonyl (C=O) groups is 1. The van der Waals surface area contributed by atoms with E-state index in [9.17, 15) is 9.59 Å². The van der Waals surface area contributed by atoms with Gasteiger partial charge in [-0.2, -0.15) is 0 Å². The molecule has 5 nitrogen and oxygen atoms in total. The summed E-state index contributed by atoms with van der Waals surface area (Å²) in [5.74, 6) is -0.419. The molecule has 23 heavy (non-hydrogen) atoms. The van der Waals surface area contributed by atoms with Gasteiger partial charge in [0.25, 0.3) is 0 Å². The van der Waals surface area contributed by atoms with Crippen LogP contribution in [-0.4, -0.2) is 10.5 Å². The minimum atomic E-state index is -0.388. The zero-order valence-corrected chi connectivity index (χ0v) is 13.1. The van der Waals surface area contributed by atoms with Crippen LogP contribution in [0.15, 0.2) is 51.7 Å². The number of fused-ring (bicyclic) bond motifs is 1. The average molecular weight is 310 g/mol. The highest BCUT2D eigenvalue weighted by Gasteiger charge is 2.08. The Balaban J connectivity index is 1.67. The number of nitrogens with one attached hydrogen (secondary N) is 1. The largest absolute Gasteiger partial charge is 0.419 e. The first-order chi connectivity index (χ1) is 11.0. The van der Waals surface area contributed by atoms with Crippen molar-refractivity contribution in [3.63, 3.8) is 0 Å². The van der Waals surface area contributed by atoms with Gasteiger partial charge in [-0.15, -0.1) is 0 Å². The molecule has 3 aromatic rings. The van der Waals surface area contributed by atoms with E-state index in [0.29, 0.717) is 18.5 Å². The average Bonchev–Trinajstić information content (AvgIpc) is 2.80. The van der Waals surface area contributed by atoms with E-state index < -0.39 is 0 Å². The van der Waals surface area contributed by atoms with Gasteiger partial charge in [-0.3, -0.25) is 9.36 Å². The summed E-state index contributed by atoms with van der Waals surface area (Å²) in [7, 11) is 1.66. The third-order valence-corrected chi connectivity index (χ3v) is 3.79. The molecule has 0 aliphatic carbocycles. The van der Waals surface area contributed by atoms with E-state index in [1.807, 2.05) is 43.3 Å². The van der Waals surface area contributed by atoms with Crippen LogP contribution in [0.3, 0.4) is 0 Å². The van der Waals surface area contributed by atoms with Crippen LogP contribution >= 0.6 is 0 Å². The molecule has 2 aromatic carbocycles. The molecule has 0 radical (unpaired) electrons. The van der Waals surface area contributed by atoms with E-state index in [1.54, 1.807) is 13.1 Å². The molecule has 0 aliphatic heterocycles. The summed E-state index contributed by atoms with van der Waals surface area (Å²) in [4.78, 5) is 23.5. The molecule has 0 atom stereocenters. The second-order valence-corrected chi connectivity index (χ2v) is 5.67. The molecular formula is C18H18N2O3. The lowest BCUT2D eigenvalue weighted by molar-refractivity contribution is -0.120. The van der Waals surface area contributed by atoms with Crippen molar-refractivity contribution in [2.75, 3.05) is 0 Å². The first-order valence-corrected chi connectivity index (χ1v) is 7.43. The number of hydrogen-bond acceptors (Lipinski definition) is 3. The molecule has 1 N–H and O–H groups in total. The molecule has 1 aromatic heterocycles. The topological polar surface area (TPSA) is 64.2 Å². The van der Waals surface area contributed by atoms with Crippen LogP contribution in [0.2, 0.25) is 0 Å². The maximum atomic E-state index is 12.0.